The fraction of sp³-hybridized carbons (Fsp3) is 0.400. The lowest BCUT2D eigenvalue weighted by Crippen LogP contribution is -2.37. The van der Waals surface area contributed by atoms with Crippen LogP contribution in [-0.4, -0.2) is 31.3 Å². The van der Waals surface area contributed by atoms with Gasteiger partial charge < -0.3 is 10.6 Å². The molecule has 5 heteroatoms. The van der Waals surface area contributed by atoms with Gasteiger partial charge >= 0.3 is 0 Å². The molecular formula is C15H22FN3S. The second-order valence-electron chi connectivity index (χ2n) is 4.09. The number of hydrogen-bond donors (Lipinski definition) is 2. The van der Waals surface area contributed by atoms with Crippen molar-refractivity contribution < 1.29 is 4.39 Å². The topological polar surface area (TPSA) is 36.4 Å². The van der Waals surface area contributed by atoms with Crippen molar-refractivity contribution in [1.82, 2.24) is 10.6 Å². The smallest absolute Gasteiger partial charge is 0.191 e. The lowest BCUT2D eigenvalue weighted by atomic mass is 10.4. The molecule has 0 aliphatic carbocycles. The van der Waals surface area contributed by atoms with Crippen molar-refractivity contribution in [1.29, 1.82) is 0 Å². The number of rotatable bonds is 8. The summed E-state index contributed by atoms with van der Waals surface area (Å²) in [6.45, 7) is 8.01. The van der Waals surface area contributed by atoms with Crippen LogP contribution in [0.1, 0.15) is 13.3 Å². The van der Waals surface area contributed by atoms with Crippen LogP contribution >= 0.6 is 11.8 Å². The molecule has 0 spiro atoms. The predicted octanol–water partition coefficient (Wildman–Crippen LogP) is 3.05. The maximum atomic E-state index is 12.7. The van der Waals surface area contributed by atoms with Crippen LogP contribution in [0.4, 0.5) is 4.39 Å². The molecule has 0 atom stereocenters. The number of halogens is 1. The Hall–Kier alpha value is -1.49. The third-order valence-corrected chi connectivity index (χ3v) is 3.51. The largest absolute Gasteiger partial charge is 0.357 e. The van der Waals surface area contributed by atoms with Crippen LogP contribution in [-0.2, 0) is 0 Å². The Bertz CT molecular complexity index is 418. The summed E-state index contributed by atoms with van der Waals surface area (Å²) in [6, 6.07) is 6.59. The molecule has 0 bridgehead atoms. The zero-order chi connectivity index (χ0) is 14.6. The Morgan fingerprint density at radius 3 is 2.75 bits per heavy atom. The summed E-state index contributed by atoms with van der Waals surface area (Å²) >= 11 is 1.72. The van der Waals surface area contributed by atoms with E-state index in [-0.39, 0.29) is 5.82 Å². The molecule has 0 saturated heterocycles. The maximum Gasteiger partial charge on any atom is 0.191 e. The van der Waals surface area contributed by atoms with Gasteiger partial charge in [0.05, 0.1) is 0 Å². The lowest BCUT2D eigenvalue weighted by molar-refractivity contribution is 0.626. The summed E-state index contributed by atoms with van der Waals surface area (Å²) in [5.74, 6) is 1.59. The van der Waals surface area contributed by atoms with E-state index in [4.69, 9.17) is 0 Å². The fourth-order valence-corrected chi connectivity index (χ4v) is 2.32. The van der Waals surface area contributed by atoms with Crippen LogP contribution in [0.5, 0.6) is 0 Å². The summed E-state index contributed by atoms with van der Waals surface area (Å²) in [4.78, 5) is 5.56. The van der Waals surface area contributed by atoms with Crippen LogP contribution in [0.25, 0.3) is 0 Å². The van der Waals surface area contributed by atoms with Crippen LogP contribution in [0.15, 0.2) is 46.8 Å². The van der Waals surface area contributed by atoms with E-state index in [1.54, 1.807) is 30.0 Å². The van der Waals surface area contributed by atoms with Crippen LogP contribution in [0.2, 0.25) is 0 Å². The normalized spacial score (nSPS) is 11.2. The van der Waals surface area contributed by atoms with Crippen LogP contribution in [0, 0.1) is 5.82 Å². The number of aliphatic imine (C=N–C) groups is 1. The van der Waals surface area contributed by atoms with E-state index < -0.39 is 0 Å². The Balaban J connectivity index is 2.24. The lowest BCUT2D eigenvalue weighted by Gasteiger charge is -2.09. The van der Waals surface area contributed by atoms with Crippen molar-refractivity contribution in [2.45, 2.75) is 18.2 Å². The first kappa shape index (κ1) is 16.6. The van der Waals surface area contributed by atoms with Crippen molar-refractivity contribution in [3.63, 3.8) is 0 Å². The van der Waals surface area contributed by atoms with Crippen molar-refractivity contribution >= 4 is 17.7 Å². The average molecular weight is 295 g/mol. The van der Waals surface area contributed by atoms with Gasteiger partial charge in [-0.25, -0.2) is 4.39 Å². The summed E-state index contributed by atoms with van der Waals surface area (Å²) in [6.07, 6.45) is 2.78. The second kappa shape index (κ2) is 10.3. The van der Waals surface area contributed by atoms with Gasteiger partial charge in [-0.2, -0.15) is 0 Å². The van der Waals surface area contributed by atoms with E-state index >= 15 is 0 Å². The van der Waals surface area contributed by atoms with Crippen molar-refractivity contribution in [3.05, 3.63) is 42.7 Å². The summed E-state index contributed by atoms with van der Waals surface area (Å²) in [7, 11) is 0. The molecule has 0 aliphatic rings. The quantitative estimate of drug-likeness (QED) is 0.254. The number of hydrogen-bond acceptors (Lipinski definition) is 2. The summed E-state index contributed by atoms with van der Waals surface area (Å²) < 4.78 is 12.7. The SMILES string of the molecule is C=CCNC(=NCCCSc1ccc(F)cc1)NCC. The molecule has 0 heterocycles. The number of guanidine groups is 1. The average Bonchev–Trinajstić information content (AvgIpc) is 2.46. The molecule has 20 heavy (non-hydrogen) atoms. The van der Waals surface area contributed by atoms with Gasteiger partial charge in [0.15, 0.2) is 5.96 Å². The molecule has 3 nitrogen and oxygen atoms in total. The highest BCUT2D eigenvalue weighted by Gasteiger charge is 1.96. The highest BCUT2D eigenvalue weighted by atomic mass is 32.2. The Labute approximate surface area is 124 Å². The molecule has 1 rings (SSSR count). The standard InChI is InChI=1S/C15H22FN3S/c1-3-10-18-15(17-4-2)19-11-5-12-20-14-8-6-13(16)7-9-14/h3,6-9H,1,4-5,10-12H2,2H3,(H2,17,18,19). The molecule has 1 aromatic rings. The predicted molar refractivity (Wildman–Crippen MR) is 85.9 cm³/mol. The van der Waals surface area contributed by atoms with E-state index in [9.17, 15) is 4.39 Å². The summed E-state index contributed by atoms with van der Waals surface area (Å²) in [5.41, 5.74) is 0. The minimum absolute atomic E-state index is 0.192. The molecule has 0 saturated carbocycles. The van der Waals surface area contributed by atoms with E-state index in [1.165, 1.54) is 12.1 Å². The zero-order valence-electron chi connectivity index (χ0n) is 11.9. The van der Waals surface area contributed by atoms with Gasteiger partial charge in [-0.1, -0.05) is 6.08 Å². The number of nitrogens with zero attached hydrogens (tertiary/aromatic N) is 1. The van der Waals surface area contributed by atoms with Crippen molar-refractivity contribution in [2.24, 2.45) is 4.99 Å². The number of nitrogens with one attached hydrogen (secondary N) is 2. The molecule has 0 unspecified atom stereocenters. The molecule has 0 aromatic heterocycles. The Kier molecular flexibility index (Phi) is 8.54. The maximum absolute atomic E-state index is 12.7. The van der Waals surface area contributed by atoms with Gasteiger partial charge in [0.25, 0.3) is 0 Å². The summed E-state index contributed by atoms with van der Waals surface area (Å²) in [5, 5.41) is 6.33. The minimum atomic E-state index is -0.192. The van der Waals surface area contributed by atoms with Crippen LogP contribution in [0.3, 0.4) is 0 Å². The van der Waals surface area contributed by atoms with Gasteiger partial charge in [0, 0.05) is 24.5 Å². The van der Waals surface area contributed by atoms with E-state index in [1.807, 2.05) is 6.92 Å². The second-order valence-corrected chi connectivity index (χ2v) is 5.25. The third-order valence-electron chi connectivity index (χ3n) is 2.41. The molecule has 0 amide bonds. The molecule has 0 aliphatic heterocycles. The molecule has 1 aromatic carbocycles. The van der Waals surface area contributed by atoms with Gasteiger partial charge in [-0.15, -0.1) is 18.3 Å². The van der Waals surface area contributed by atoms with Gasteiger partial charge in [0.1, 0.15) is 5.82 Å². The Morgan fingerprint density at radius 2 is 2.10 bits per heavy atom. The number of benzene rings is 1. The van der Waals surface area contributed by atoms with E-state index in [0.717, 1.165) is 36.1 Å². The van der Waals surface area contributed by atoms with E-state index in [0.29, 0.717) is 6.54 Å². The van der Waals surface area contributed by atoms with Gasteiger partial charge in [-0.3, -0.25) is 4.99 Å². The minimum Gasteiger partial charge on any atom is -0.357 e. The van der Waals surface area contributed by atoms with Gasteiger partial charge in [-0.05, 0) is 43.4 Å². The highest BCUT2D eigenvalue weighted by molar-refractivity contribution is 7.99. The number of thioether (sulfide) groups is 1. The molecule has 0 fully saturated rings. The Morgan fingerprint density at radius 1 is 1.35 bits per heavy atom. The monoisotopic (exact) mass is 295 g/mol. The zero-order valence-corrected chi connectivity index (χ0v) is 12.7. The van der Waals surface area contributed by atoms with Gasteiger partial charge in [0.2, 0.25) is 0 Å². The molecular weight excluding hydrogens is 273 g/mol. The molecule has 2 N–H and O–H groups in total. The molecule has 0 radical (unpaired) electrons. The fourth-order valence-electron chi connectivity index (χ4n) is 1.49. The first-order valence-corrected chi connectivity index (χ1v) is 7.76. The van der Waals surface area contributed by atoms with Crippen LogP contribution < -0.4 is 10.6 Å². The van der Waals surface area contributed by atoms with Crippen molar-refractivity contribution in [2.75, 3.05) is 25.4 Å². The molecule has 110 valence electrons. The first-order chi connectivity index (χ1) is 9.76. The van der Waals surface area contributed by atoms with Crippen molar-refractivity contribution in [3.8, 4) is 0 Å². The third kappa shape index (κ3) is 7.19. The van der Waals surface area contributed by atoms with E-state index in [2.05, 4.69) is 22.2 Å². The highest BCUT2D eigenvalue weighted by Crippen LogP contribution is 2.18. The first-order valence-electron chi connectivity index (χ1n) is 6.77.